The van der Waals surface area contributed by atoms with Crippen molar-refractivity contribution in [3.05, 3.63) is 57.2 Å². The molecule has 2 aromatic rings. The molecule has 0 unspecified atom stereocenters. The smallest absolute Gasteiger partial charge is 0.266 e. The Bertz CT molecular complexity index is 576. The number of halogens is 1. The molecule has 19 heavy (non-hydrogen) atoms. The lowest BCUT2D eigenvalue weighted by Crippen LogP contribution is -2.18. The molecule has 0 aliphatic heterocycles. The van der Waals surface area contributed by atoms with E-state index < -0.39 is 0 Å². The molecule has 0 saturated carbocycles. The molecule has 0 spiro atoms. The van der Waals surface area contributed by atoms with Gasteiger partial charge in [0, 0.05) is 5.02 Å². The molecule has 0 aliphatic rings. The number of hydrazone groups is 1. The number of thiophene rings is 1. The highest BCUT2D eigenvalue weighted by atomic mass is 35.5. The molecule has 0 saturated heterocycles. The third-order valence-electron chi connectivity index (χ3n) is 2.55. The van der Waals surface area contributed by atoms with Crippen molar-refractivity contribution in [1.82, 2.24) is 5.43 Å². The minimum atomic E-state index is -0.185. The summed E-state index contributed by atoms with van der Waals surface area (Å²) in [6, 6.07) is 11.0. The van der Waals surface area contributed by atoms with E-state index in [1.807, 2.05) is 42.6 Å². The van der Waals surface area contributed by atoms with Crippen LogP contribution in [-0.4, -0.2) is 11.6 Å². The Labute approximate surface area is 120 Å². The molecule has 0 fully saturated rings. The van der Waals surface area contributed by atoms with Crippen molar-refractivity contribution < 1.29 is 4.79 Å². The SMILES string of the molecule is CC/C(=N/NC(=O)c1cccs1)c1ccc(Cl)cc1. The van der Waals surface area contributed by atoms with Crippen LogP contribution in [0.4, 0.5) is 0 Å². The molecule has 1 N–H and O–H groups in total. The monoisotopic (exact) mass is 292 g/mol. The first-order chi connectivity index (χ1) is 9.20. The van der Waals surface area contributed by atoms with Gasteiger partial charge in [0.15, 0.2) is 0 Å². The summed E-state index contributed by atoms with van der Waals surface area (Å²) in [5.74, 6) is -0.185. The molecule has 1 heterocycles. The molecule has 98 valence electrons. The number of nitrogens with one attached hydrogen (secondary N) is 1. The van der Waals surface area contributed by atoms with Gasteiger partial charge in [-0.1, -0.05) is 36.7 Å². The largest absolute Gasteiger partial charge is 0.281 e. The van der Waals surface area contributed by atoms with Crippen molar-refractivity contribution >= 4 is 34.6 Å². The summed E-state index contributed by atoms with van der Waals surface area (Å²) in [6.45, 7) is 1.99. The lowest BCUT2D eigenvalue weighted by molar-refractivity contribution is 0.0959. The van der Waals surface area contributed by atoms with E-state index in [-0.39, 0.29) is 5.91 Å². The molecule has 0 atom stereocenters. The summed E-state index contributed by atoms with van der Waals surface area (Å²) in [5.41, 5.74) is 4.35. The van der Waals surface area contributed by atoms with Crippen LogP contribution in [0.3, 0.4) is 0 Å². The van der Waals surface area contributed by atoms with Crippen LogP contribution in [0.1, 0.15) is 28.6 Å². The number of benzene rings is 1. The second-order valence-electron chi connectivity index (χ2n) is 3.84. The summed E-state index contributed by atoms with van der Waals surface area (Å²) in [5, 5.41) is 6.72. The second-order valence-corrected chi connectivity index (χ2v) is 5.22. The normalized spacial score (nSPS) is 11.4. The Morgan fingerprint density at radius 2 is 2.05 bits per heavy atom. The molecule has 1 aromatic heterocycles. The molecule has 0 bridgehead atoms. The third kappa shape index (κ3) is 3.66. The van der Waals surface area contributed by atoms with Gasteiger partial charge < -0.3 is 0 Å². The van der Waals surface area contributed by atoms with Gasteiger partial charge in [0.1, 0.15) is 0 Å². The van der Waals surface area contributed by atoms with Crippen molar-refractivity contribution in [3.8, 4) is 0 Å². The summed E-state index contributed by atoms with van der Waals surface area (Å²) < 4.78 is 0. The maximum atomic E-state index is 11.8. The minimum Gasteiger partial charge on any atom is -0.266 e. The fourth-order valence-corrected chi connectivity index (χ4v) is 2.31. The van der Waals surface area contributed by atoms with Crippen LogP contribution in [-0.2, 0) is 0 Å². The Hall–Kier alpha value is -1.65. The average Bonchev–Trinajstić information content (AvgIpc) is 2.95. The number of carbonyl (C=O) groups is 1. The number of hydrogen-bond donors (Lipinski definition) is 1. The zero-order chi connectivity index (χ0) is 13.7. The first-order valence-corrected chi connectivity index (χ1v) is 7.13. The quantitative estimate of drug-likeness (QED) is 0.673. The Morgan fingerprint density at radius 3 is 2.63 bits per heavy atom. The molecule has 0 radical (unpaired) electrons. The van der Waals surface area contributed by atoms with E-state index in [0.29, 0.717) is 9.90 Å². The maximum absolute atomic E-state index is 11.8. The first kappa shape index (κ1) is 13.8. The highest BCUT2D eigenvalue weighted by Crippen LogP contribution is 2.12. The summed E-state index contributed by atoms with van der Waals surface area (Å²) in [6.07, 6.45) is 0.729. The van der Waals surface area contributed by atoms with E-state index in [0.717, 1.165) is 17.7 Å². The van der Waals surface area contributed by atoms with E-state index >= 15 is 0 Å². The number of rotatable bonds is 4. The predicted octanol–water partition coefficient (Wildman–Crippen LogP) is 3.95. The van der Waals surface area contributed by atoms with E-state index in [1.165, 1.54) is 11.3 Å². The van der Waals surface area contributed by atoms with Gasteiger partial charge in [-0.2, -0.15) is 5.10 Å². The third-order valence-corrected chi connectivity index (χ3v) is 3.67. The molecular formula is C14H13ClN2OS. The summed E-state index contributed by atoms with van der Waals surface area (Å²) in [4.78, 5) is 12.4. The van der Waals surface area contributed by atoms with Crippen molar-refractivity contribution in [2.45, 2.75) is 13.3 Å². The van der Waals surface area contributed by atoms with Gasteiger partial charge in [-0.05, 0) is 35.6 Å². The van der Waals surface area contributed by atoms with E-state index in [1.54, 1.807) is 6.07 Å². The van der Waals surface area contributed by atoms with Crippen LogP contribution in [0.25, 0.3) is 0 Å². The first-order valence-electron chi connectivity index (χ1n) is 5.87. The topological polar surface area (TPSA) is 41.5 Å². The number of amides is 1. The van der Waals surface area contributed by atoms with Crippen molar-refractivity contribution in [3.63, 3.8) is 0 Å². The van der Waals surface area contributed by atoms with Gasteiger partial charge in [0.25, 0.3) is 5.91 Å². The molecule has 1 aromatic carbocycles. The van der Waals surface area contributed by atoms with Crippen molar-refractivity contribution in [2.75, 3.05) is 0 Å². The molecule has 2 rings (SSSR count). The molecule has 3 nitrogen and oxygen atoms in total. The van der Waals surface area contributed by atoms with Gasteiger partial charge in [-0.25, -0.2) is 5.43 Å². The lowest BCUT2D eigenvalue weighted by Gasteiger charge is -2.04. The standard InChI is InChI=1S/C14H13ClN2OS/c1-2-12(10-5-7-11(15)8-6-10)16-17-14(18)13-4-3-9-19-13/h3-9H,2H2,1H3,(H,17,18)/b16-12-. The van der Waals surface area contributed by atoms with Gasteiger partial charge in [-0.3, -0.25) is 4.79 Å². The molecule has 5 heteroatoms. The molecule has 0 aliphatic carbocycles. The van der Waals surface area contributed by atoms with Gasteiger partial charge in [0.05, 0.1) is 10.6 Å². The van der Waals surface area contributed by atoms with Crippen molar-refractivity contribution in [2.24, 2.45) is 5.10 Å². The Balaban J connectivity index is 2.11. The highest BCUT2D eigenvalue weighted by Gasteiger charge is 2.06. The maximum Gasteiger partial charge on any atom is 0.281 e. The van der Waals surface area contributed by atoms with Gasteiger partial charge in [-0.15, -0.1) is 11.3 Å². The fraction of sp³-hybridized carbons (Fsp3) is 0.143. The highest BCUT2D eigenvalue weighted by molar-refractivity contribution is 7.12. The van der Waals surface area contributed by atoms with E-state index in [4.69, 9.17) is 11.6 Å². The van der Waals surface area contributed by atoms with Crippen molar-refractivity contribution in [1.29, 1.82) is 0 Å². The zero-order valence-electron chi connectivity index (χ0n) is 10.4. The molecule has 1 amide bonds. The minimum absolute atomic E-state index is 0.185. The van der Waals surface area contributed by atoms with Crippen LogP contribution in [0, 0.1) is 0 Å². The van der Waals surface area contributed by atoms with Gasteiger partial charge in [0.2, 0.25) is 0 Å². The van der Waals surface area contributed by atoms with E-state index in [2.05, 4.69) is 10.5 Å². The van der Waals surface area contributed by atoms with E-state index in [9.17, 15) is 4.79 Å². The predicted molar refractivity (Wildman–Crippen MR) is 80.1 cm³/mol. The fourth-order valence-electron chi connectivity index (χ4n) is 1.57. The van der Waals surface area contributed by atoms with Crippen LogP contribution in [0.15, 0.2) is 46.9 Å². The van der Waals surface area contributed by atoms with Crippen LogP contribution in [0.5, 0.6) is 0 Å². The number of carbonyl (C=O) groups excluding carboxylic acids is 1. The average molecular weight is 293 g/mol. The number of nitrogens with zero attached hydrogens (tertiary/aromatic N) is 1. The Morgan fingerprint density at radius 1 is 1.32 bits per heavy atom. The van der Waals surface area contributed by atoms with Crippen LogP contribution in [0.2, 0.25) is 5.02 Å². The Kier molecular flexibility index (Phi) is 4.71. The number of hydrogen-bond acceptors (Lipinski definition) is 3. The second kappa shape index (κ2) is 6.50. The lowest BCUT2D eigenvalue weighted by atomic mass is 10.1. The summed E-state index contributed by atoms with van der Waals surface area (Å²) in [7, 11) is 0. The zero-order valence-corrected chi connectivity index (χ0v) is 12.0. The summed E-state index contributed by atoms with van der Waals surface area (Å²) >= 11 is 7.24. The van der Waals surface area contributed by atoms with Gasteiger partial charge >= 0.3 is 0 Å². The molecular weight excluding hydrogens is 280 g/mol. The van der Waals surface area contributed by atoms with Crippen LogP contribution >= 0.6 is 22.9 Å². The van der Waals surface area contributed by atoms with Crippen LogP contribution < -0.4 is 5.43 Å².